The van der Waals surface area contributed by atoms with Crippen LogP contribution in [0.5, 0.6) is 0 Å². The van der Waals surface area contributed by atoms with Crippen molar-refractivity contribution in [2.75, 3.05) is 12.3 Å². The first-order valence-electron chi connectivity index (χ1n) is 6.73. The molecular formula is C14H23N3. The molecular weight excluding hydrogens is 210 g/mol. The van der Waals surface area contributed by atoms with E-state index in [0.717, 1.165) is 18.9 Å². The molecule has 0 amide bonds. The van der Waals surface area contributed by atoms with Crippen molar-refractivity contribution in [3.05, 3.63) is 23.9 Å². The van der Waals surface area contributed by atoms with Crippen LogP contribution >= 0.6 is 0 Å². The largest absolute Gasteiger partial charge is 0.384 e. The molecule has 0 aliphatic heterocycles. The van der Waals surface area contributed by atoms with Crippen LogP contribution in [0.2, 0.25) is 0 Å². The van der Waals surface area contributed by atoms with Gasteiger partial charge in [0.05, 0.1) is 0 Å². The third kappa shape index (κ3) is 3.43. The van der Waals surface area contributed by atoms with E-state index in [0.29, 0.717) is 11.9 Å². The lowest BCUT2D eigenvalue weighted by Gasteiger charge is -2.34. The van der Waals surface area contributed by atoms with Gasteiger partial charge in [-0.25, -0.2) is 4.98 Å². The number of hydrogen-bond donors (Lipinski definition) is 2. The van der Waals surface area contributed by atoms with Gasteiger partial charge in [-0.2, -0.15) is 0 Å². The van der Waals surface area contributed by atoms with Gasteiger partial charge in [-0.3, -0.25) is 0 Å². The van der Waals surface area contributed by atoms with Crippen LogP contribution in [0.3, 0.4) is 0 Å². The summed E-state index contributed by atoms with van der Waals surface area (Å²) < 4.78 is 0. The molecule has 17 heavy (non-hydrogen) atoms. The summed E-state index contributed by atoms with van der Waals surface area (Å²) in [4.78, 5) is 4.05. The van der Waals surface area contributed by atoms with Crippen LogP contribution in [0.4, 0.5) is 5.82 Å². The van der Waals surface area contributed by atoms with Crippen LogP contribution in [-0.4, -0.2) is 17.6 Å². The van der Waals surface area contributed by atoms with Crippen molar-refractivity contribution in [1.82, 2.24) is 10.3 Å². The van der Waals surface area contributed by atoms with Gasteiger partial charge in [-0.1, -0.05) is 13.3 Å². The minimum Gasteiger partial charge on any atom is -0.384 e. The molecule has 0 saturated heterocycles. The van der Waals surface area contributed by atoms with Gasteiger partial charge in [-0.05, 0) is 55.8 Å². The molecule has 1 unspecified atom stereocenters. The topological polar surface area (TPSA) is 50.9 Å². The Kier molecular flexibility index (Phi) is 4.37. The Labute approximate surface area is 104 Å². The maximum atomic E-state index is 5.73. The molecule has 3 heteroatoms. The lowest BCUT2D eigenvalue weighted by Crippen LogP contribution is -2.41. The van der Waals surface area contributed by atoms with Crippen LogP contribution in [0.15, 0.2) is 18.3 Å². The third-order valence-electron chi connectivity index (χ3n) is 3.68. The molecule has 1 aliphatic rings. The van der Waals surface area contributed by atoms with Crippen LogP contribution in [0, 0.1) is 5.92 Å². The summed E-state index contributed by atoms with van der Waals surface area (Å²) in [6.45, 7) is 3.33. The fourth-order valence-electron chi connectivity index (χ4n) is 2.45. The maximum absolute atomic E-state index is 5.73. The molecule has 1 heterocycles. The van der Waals surface area contributed by atoms with E-state index in [2.05, 4.69) is 23.3 Å². The highest BCUT2D eigenvalue weighted by atomic mass is 14.9. The Hall–Kier alpha value is -1.09. The van der Waals surface area contributed by atoms with E-state index >= 15 is 0 Å². The number of nitrogens with two attached hydrogens (primary N) is 1. The van der Waals surface area contributed by atoms with Gasteiger partial charge in [0.1, 0.15) is 5.82 Å². The van der Waals surface area contributed by atoms with E-state index in [-0.39, 0.29) is 0 Å². The van der Waals surface area contributed by atoms with Gasteiger partial charge in [0.25, 0.3) is 0 Å². The first-order chi connectivity index (χ1) is 8.29. The second kappa shape index (κ2) is 6.01. The van der Waals surface area contributed by atoms with Crippen molar-refractivity contribution in [1.29, 1.82) is 0 Å². The Morgan fingerprint density at radius 2 is 2.35 bits per heavy atom. The van der Waals surface area contributed by atoms with Crippen molar-refractivity contribution in [3.63, 3.8) is 0 Å². The Morgan fingerprint density at radius 1 is 1.53 bits per heavy atom. The highest BCUT2D eigenvalue weighted by Crippen LogP contribution is 2.31. The molecule has 1 aliphatic carbocycles. The summed E-state index contributed by atoms with van der Waals surface area (Å²) in [6.07, 6.45) is 8.23. The Bertz CT molecular complexity index is 347. The lowest BCUT2D eigenvalue weighted by molar-refractivity contribution is 0.227. The fraction of sp³-hybridized carbons (Fsp3) is 0.643. The van der Waals surface area contributed by atoms with Crippen molar-refractivity contribution in [2.45, 2.75) is 45.1 Å². The molecule has 2 rings (SSSR count). The zero-order valence-corrected chi connectivity index (χ0v) is 10.7. The van der Waals surface area contributed by atoms with Gasteiger partial charge in [0, 0.05) is 12.2 Å². The van der Waals surface area contributed by atoms with Gasteiger partial charge >= 0.3 is 0 Å². The minimum atomic E-state index is 0.616. The molecule has 0 spiro atoms. The number of aromatic nitrogens is 1. The van der Waals surface area contributed by atoms with Gasteiger partial charge in [-0.15, -0.1) is 0 Å². The van der Waals surface area contributed by atoms with E-state index in [9.17, 15) is 0 Å². The number of nitrogen functional groups attached to an aromatic ring is 1. The van der Waals surface area contributed by atoms with E-state index in [4.69, 9.17) is 5.73 Å². The van der Waals surface area contributed by atoms with Crippen molar-refractivity contribution in [3.8, 4) is 0 Å². The Balaban J connectivity index is 1.95. The first kappa shape index (κ1) is 12.4. The summed E-state index contributed by atoms with van der Waals surface area (Å²) in [6, 6.07) is 4.69. The lowest BCUT2D eigenvalue weighted by atomic mass is 9.77. The smallest absolute Gasteiger partial charge is 0.123 e. The predicted octanol–water partition coefficient (Wildman–Crippen LogP) is 2.37. The zero-order chi connectivity index (χ0) is 12.1. The monoisotopic (exact) mass is 233 g/mol. The van der Waals surface area contributed by atoms with Gasteiger partial charge < -0.3 is 11.1 Å². The SMILES string of the molecule is CCCNC(Cc1ccnc(N)c1)C1CCC1. The van der Waals surface area contributed by atoms with E-state index < -0.39 is 0 Å². The molecule has 1 aromatic heterocycles. The summed E-state index contributed by atoms with van der Waals surface area (Å²) in [5, 5.41) is 3.68. The maximum Gasteiger partial charge on any atom is 0.123 e. The number of nitrogens with zero attached hydrogens (tertiary/aromatic N) is 1. The average molecular weight is 233 g/mol. The van der Waals surface area contributed by atoms with Gasteiger partial charge in [0.2, 0.25) is 0 Å². The standard InChI is InChI=1S/C14H23N3/c1-2-7-16-13(12-4-3-5-12)9-11-6-8-17-14(15)10-11/h6,8,10,12-13,16H,2-5,7,9H2,1H3,(H2,15,17). The predicted molar refractivity (Wildman–Crippen MR) is 71.8 cm³/mol. The highest BCUT2D eigenvalue weighted by molar-refractivity contribution is 5.32. The second-order valence-corrected chi connectivity index (χ2v) is 5.04. The average Bonchev–Trinajstić information content (AvgIpc) is 2.23. The number of pyridine rings is 1. The summed E-state index contributed by atoms with van der Waals surface area (Å²) >= 11 is 0. The number of hydrogen-bond acceptors (Lipinski definition) is 3. The molecule has 1 atom stereocenters. The fourth-order valence-corrected chi connectivity index (χ4v) is 2.45. The van der Waals surface area contributed by atoms with Crippen LogP contribution in [0.1, 0.15) is 38.2 Å². The van der Waals surface area contributed by atoms with E-state index in [1.54, 1.807) is 0 Å². The molecule has 0 bridgehead atoms. The Morgan fingerprint density at radius 3 is 2.94 bits per heavy atom. The van der Waals surface area contributed by atoms with Crippen LogP contribution in [-0.2, 0) is 6.42 Å². The van der Waals surface area contributed by atoms with Crippen molar-refractivity contribution in [2.24, 2.45) is 5.92 Å². The molecule has 3 nitrogen and oxygen atoms in total. The number of rotatable bonds is 6. The van der Waals surface area contributed by atoms with E-state index in [1.807, 2.05) is 12.3 Å². The first-order valence-corrected chi connectivity index (χ1v) is 6.73. The van der Waals surface area contributed by atoms with Crippen LogP contribution in [0.25, 0.3) is 0 Å². The van der Waals surface area contributed by atoms with Crippen molar-refractivity contribution >= 4 is 5.82 Å². The van der Waals surface area contributed by atoms with Crippen molar-refractivity contribution < 1.29 is 0 Å². The zero-order valence-electron chi connectivity index (χ0n) is 10.7. The molecule has 94 valence electrons. The van der Waals surface area contributed by atoms with E-state index in [1.165, 1.54) is 31.2 Å². The molecule has 1 fully saturated rings. The quantitative estimate of drug-likeness (QED) is 0.793. The molecule has 1 aromatic rings. The molecule has 0 aromatic carbocycles. The summed E-state index contributed by atoms with van der Waals surface area (Å²) in [5.41, 5.74) is 7.03. The highest BCUT2D eigenvalue weighted by Gasteiger charge is 2.26. The third-order valence-corrected chi connectivity index (χ3v) is 3.68. The summed E-state index contributed by atoms with van der Waals surface area (Å²) in [5.74, 6) is 1.49. The minimum absolute atomic E-state index is 0.616. The summed E-state index contributed by atoms with van der Waals surface area (Å²) in [7, 11) is 0. The van der Waals surface area contributed by atoms with Gasteiger partial charge in [0.15, 0.2) is 0 Å². The van der Waals surface area contributed by atoms with Crippen LogP contribution < -0.4 is 11.1 Å². The second-order valence-electron chi connectivity index (χ2n) is 5.04. The molecule has 1 saturated carbocycles. The molecule has 3 N–H and O–H groups in total. The number of nitrogens with one attached hydrogen (secondary N) is 1. The number of anilines is 1. The molecule has 0 radical (unpaired) electrons. The normalized spacial score (nSPS) is 17.7.